The van der Waals surface area contributed by atoms with Gasteiger partial charge < -0.3 is 14.9 Å². The first-order valence-corrected chi connectivity index (χ1v) is 16.1. The molecule has 220 valence electrons. The van der Waals surface area contributed by atoms with Gasteiger partial charge in [-0.15, -0.1) is 93.9 Å². The van der Waals surface area contributed by atoms with Crippen LogP contribution in [0.3, 0.4) is 0 Å². The van der Waals surface area contributed by atoms with Crippen LogP contribution in [0, 0.1) is 14.9 Å². The average molecular weight is 646 g/mol. The Morgan fingerprint density at radius 1 is 0.500 bits per heavy atom. The molecule has 0 bridgehead atoms. The van der Waals surface area contributed by atoms with Crippen LogP contribution in [0.1, 0.15) is 50.7 Å². The van der Waals surface area contributed by atoms with Gasteiger partial charge in [0.05, 0.1) is 0 Å². The topological polar surface area (TPSA) is 0 Å². The molecule has 0 nitrogen and oxygen atoms in total. The minimum atomic E-state index is 0. The summed E-state index contributed by atoms with van der Waals surface area (Å²) in [4.78, 5) is 0. The van der Waals surface area contributed by atoms with E-state index in [9.17, 15) is 0 Å². The zero-order valence-corrected chi connectivity index (χ0v) is 29.7. The summed E-state index contributed by atoms with van der Waals surface area (Å²) in [7, 11) is 2.97. The van der Waals surface area contributed by atoms with Gasteiger partial charge in [0.2, 0.25) is 0 Å². The SMILES string of the molecule is CC(C)c1cc2c(-c3ccccc3)cccc2[cH-]1.CC(C)c1cc2c(-c3ccccc3)cccc2[cH-]1.Cl.Cl.[CH3-].[CH3-].[Si]=[Ti]. The summed E-state index contributed by atoms with van der Waals surface area (Å²) in [5.74, 6) is 1.17. The molecule has 0 heterocycles. The zero-order valence-electron chi connectivity index (χ0n) is 25.5. The Kier molecular flexibility index (Phi) is 17.9. The molecular formula is C38H42Cl2SiTi-4. The van der Waals surface area contributed by atoms with E-state index < -0.39 is 0 Å². The number of fused-ring (bicyclic) bond motifs is 2. The molecule has 42 heavy (non-hydrogen) atoms. The molecule has 0 fully saturated rings. The van der Waals surface area contributed by atoms with E-state index in [-0.39, 0.29) is 39.7 Å². The molecule has 0 spiro atoms. The van der Waals surface area contributed by atoms with Crippen molar-refractivity contribution in [1.82, 2.24) is 0 Å². The van der Waals surface area contributed by atoms with Crippen molar-refractivity contribution in [2.24, 2.45) is 0 Å². The first-order chi connectivity index (χ1) is 18.5. The van der Waals surface area contributed by atoms with Crippen molar-refractivity contribution < 1.29 is 19.2 Å². The third kappa shape index (κ3) is 9.30. The van der Waals surface area contributed by atoms with Crippen LogP contribution in [-0.2, 0) is 19.2 Å². The van der Waals surface area contributed by atoms with Gasteiger partial charge >= 0.3 is 26.8 Å². The Hall–Kier alpha value is -2.39. The fraction of sp³-hybridized carbons (Fsp3) is 0.158. The monoisotopic (exact) mass is 644 g/mol. The summed E-state index contributed by atoms with van der Waals surface area (Å²) in [6.45, 7) is 8.99. The van der Waals surface area contributed by atoms with Gasteiger partial charge in [-0.2, -0.15) is 12.1 Å². The molecule has 0 amide bonds. The predicted molar refractivity (Wildman–Crippen MR) is 191 cm³/mol. The number of halogens is 2. The molecule has 0 aliphatic carbocycles. The van der Waals surface area contributed by atoms with Gasteiger partial charge in [-0.25, -0.2) is 0 Å². The van der Waals surface area contributed by atoms with Gasteiger partial charge in [0.1, 0.15) is 0 Å². The molecule has 6 aromatic carbocycles. The van der Waals surface area contributed by atoms with Gasteiger partial charge in [0.25, 0.3) is 0 Å². The normalized spacial score (nSPS) is 9.74. The summed E-state index contributed by atoms with van der Waals surface area (Å²) in [6.07, 6.45) is 0. The number of hydrogen-bond acceptors (Lipinski definition) is 0. The van der Waals surface area contributed by atoms with Crippen molar-refractivity contribution >= 4 is 54.0 Å². The third-order valence-corrected chi connectivity index (χ3v) is 7.05. The van der Waals surface area contributed by atoms with E-state index >= 15 is 0 Å². The molecule has 0 N–H and O–H groups in total. The van der Waals surface area contributed by atoms with Crippen LogP contribution in [0.4, 0.5) is 0 Å². The van der Waals surface area contributed by atoms with Gasteiger partial charge in [-0.1, -0.05) is 112 Å². The summed E-state index contributed by atoms with van der Waals surface area (Å²) in [5, 5.41) is 5.43. The van der Waals surface area contributed by atoms with Crippen molar-refractivity contribution in [3.05, 3.63) is 147 Å². The number of benzene rings is 4. The Morgan fingerprint density at radius 3 is 1.14 bits per heavy atom. The summed E-state index contributed by atoms with van der Waals surface area (Å²) >= 11 is 1.81. The predicted octanol–water partition coefficient (Wildman–Crippen LogP) is 12.1. The van der Waals surface area contributed by atoms with E-state index in [0.717, 1.165) is 0 Å². The fourth-order valence-electron chi connectivity index (χ4n) is 4.92. The fourth-order valence-corrected chi connectivity index (χ4v) is 4.92. The van der Waals surface area contributed by atoms with E-state index in [2.05, 4.69) is 157 Å². The molecule has 0 unspecified atom stereocenters. The van der Waals surface area contributed by atoms with E-state index in [1.807, 2.05) is 0 Å². The molecule has 0 aliphatic heterocycles. The summed E-state index contributed by atoms with van der Waals surface area (Å²) in [5.41, 5.74) is 8.11. The number of hydrogen-bond donors (Lipinski definition) is 0. The maximum absolute atomic E-state index is 2.97. The second-order valence-electron chi connectivity index (χ2n) is 10.2. The Bertz CT molecular complexity index is 1480. The van der Waals surface area contributed by atoms with Crippen LogP contribution in [0.15, 0.2) is 121 Å². The maximum atomic E-state index is 2.97. The molecule has 0 atom stereocenters. The van der Waals surface area contributed by atoms with Crippen molar-refractivity contribution in [3.8, 4) is 22.3 Å². The van der Waals surface area contributed by atoms with Crippen LogP contribution in [0.25, 0.3) is 43.8 Å². The van der Waals surface area contributed by atoms with Crippen molar-refractivity contribution in [1.29, 1.82) is 0 Å². The van der Waals surface area contributed by atoms with Crippen molar-refractivity contribution in [2.45, 2.75) is 39.5 Å². The number of rotatable bonds is 4. The van der Waals surface area contributed by atoms with E-state index in [1.165, 1.54) is 54.9 Å². The second-order valence-corrected chi connectivity index (χ2v) is 10.2. The van der Waals surface area contributed by atoms with Crippen molar-refractivity contribution in [2.75, 3.05) is 0 Å². The van der Waals surface area contributed by atoms with Gasteiger partial charge in [-0.3, -0.25) is 0 Å². The van der Waals surface area contributed by atoms with Gasteiger partial charge in [0.15, 0.2) is 0 Å². The average Bonchev–Trinajstić information content (AvgIpc) is 3.61. The molecule has 0 saturated heterocycles. The van der Waals surface area contributed by atoms with Gasteiger partial charge in [0, 0.05) is 0 Å². The second kappa shape index (κ2) is 19.0. The summed E-state index contributed by atoms with van der Waals surface area (Å²) in [6, 6.07) is 43.6. The summed E-state index contributed by atoms with van der Waals surface area (Å²) < 4.78 is 0. The molecule has 4 heteroatoms. The Balaban J connectivity index is 0.000000694. The van der Waals surface area contributed by atoms with Crippen LogP contribution in [-0.4, -0.2) is 7.63 Å². The molecule has 0 aliphatic rings. The van der Waals surface area contributed by atoms with Gasteiger partial charge in [-0.05, 0) is 23.0 Å². The molecular weight excluding hydrogens is 603 g/mol. The molecule has 6 rings (SSSR count). The molecule has 0 saturated carbocycles. The third-order valence-electron chi connectivity index (χ3n) is 7.05. The molecule has 0 aromatic heterocycles. The standard InChI is InChI=1S/2C18H17.2CH3.2ClH.Si.Ti/c2*1-13(2)16-11-15-9-6-10-17(18(15)12-16)14-7-4-3-5-8-14;;;;;;/h2*3-13H,1-2H3;2*1H3;2*1H;;/q4*-1;;;;. The first-order valence-electron chi connectivity index (χ1n) is 13.3. The van der Waals surface area contributed by atoms with Crippen molar-refractivity contribution in [3.63, 3.8) is 0 Å². The van der Waals surface area contributed by atoms with E-state index in [4.69, 9.17) is 0 Å². The Labute approximate surface area is 280 Å². The zero-order chi connectivity index (χ0) is 27.1. The minimum absolute atomic E-state index is 0. The van der Waals surface area contributed by atoms with Crippen LogP contribution in [0.2, 0.25) is 0 Å². The van der Waals surface area contributed by atoms with Crippen LogP contribution < -0.4 is 0 Å². The molecule has 6 aromatic rings. The van der Waals surface area contributed by atoms with E-state index in [1.54, 1.807) is 19.2 Å². The molecule has 2 radical (unpaired) electrons. The van der Waals surface area contributed by atoms with E-state index in [0.29, 0.717) is 11.8 Å². The quantitative estimate of drug-likeness (QED) is 0.132. The first kappa shape index (κ1) is 39.6. The van der Waals surface area contributed by atoms with Crippen LogP contribution >= 0.6 is 24.8 Å². The van der Waals surface area contributed by atoms with Crippen LogP contribution in [0.5, 0.6) is 0 Å². The Morgan fingerprint density at radius 2 is 0.833 bits per heavy atom.